The molecule has 13 heavy (non-hydrogen) atoms. The zero-order valence-electron chi connectivity index (χ0n) is 6.90. The van der Waals surface area contributed by atoms with Crippen LogP contribution in [0.5, 0.6) is 0 Å². The monoisotopic (exact) mass is 197 g/mol. The summed E-state index contributed by atoms with van der Waals surface area (Å²) in [5, 5.41) is 17.4. The molecule has 0 aliphatic carbocycles. The maximum Gasteiger partial charge on any atom is 0.349 e. The van der Waals surface area contributed by atoms with Crippen molar-refractivity contribution >= 4 is 17.3 Å². The van der Waals surface area contributed by atoms with Gasteiger partial charge in [-0.3, -0.25) is 0 Å². The van der Waals surface area contributed by atoms with Gasteiger partial charge in [-0.05, 0) is 6.07 Å². The number of hydrogen-bond acceptors (Lipinski definition) is 5. The first-order chi connectivity index (χ1) is 6.22. The van der Waals surface area contributed by atoms with Crippen molar-refractivity contribution in [3.63, 3.8) is 0 Å². The van der Waals surface area contributed by atoms with Crippen LogP contribution < -0.4 is 0 Å². The molecule has 0 unspecified atom stereocenters. The number of carbonyl (C=O) groups excluding carboxylic acids is 1. The topological polar surface area (TPSA) is 70.3 Å². The van der Waals surface area contributed by atoms with Crippen LogP contribution in [0, 0.1) is 11.3 Å². The summed E-state index contributed by atoms with van der Waals surface area (Å²) >= 11 is 1.07. The molecule has 0 bridgehead atoms. The minimum atomic E-state index is -0.541. The first-order valence-electron chi connectivity index (χ1n) is 3.45. The lowest BCUT2D eigenvalue weighted by molar-refractivity contribution is 0.0606. The third-order valence-corrected chi connectivity index (χ3v) is 2.53. The Morgan fingerprint density at radius 3 is 3.00 bits per heavy atom. The number of thiophene rings is 1. The molecule has 0 aliphatic rings. The zero-order valence-corrected chi connectivity index (χ0v) is 7.72. The summed E-state index contributed by atoms with van der Waals surface area (Å²) < 4.78 is 4.48. The fourth-order valence-corrected chi connectivity index (χ4v) is 1.73. The molecule has 0 fully saturated rings. The van der Waals surface area contributed by atoms with Gasteiger partial charge >= 0.3 is 5.97 Å². The van der Waals surface area contributed by atoms with Gasteiger partial charge in [0.05, 0.1) is 19.3 Å². The molecule has 0 amide bonds. The molecule has 0 saturated heterocycles. The second kappa shape index (κ2) is 4.03. The molecular formula is C8H7NO3S. The number of aliphatic hydroxyl groups excluding tert-OH is 1. The highest BCUT2D eigenvalue weighted by Gasteiger charge is 2.15. The Bertz CT molecular complexity index is 364. The zero-order chi connectivity index (χ0) is 9.84. The van der Waals surface area contributed by atoms with Crippen LogP contribution in [-0.4, -0.2) is 18.2 Å². The third kappa shape index (κ3) is 1.86. The van der Waals surface area contributed by atoms with E-state index < -0.39 is 5.97 Å². The minimum absolute atomic E-state index is 0.170. The molecule has 0 atom stereocenters. The average molecular weight is 197 g/mol. The quantitative estimate of drug-likeness (QED) is 0.715. The number of nitrogens with zero attached hydrogens (tertiary/aromatic N) is 1. The molecule has 68 valence electrons. The molecular weight excluding hydrogens is 190 g/mol. The Morgan fingerprint density at radius 2 is 2.54 bits per heavy atom. The van der Waals surface area contributed by atoms with Gasteiger partial charge < -0.3 is 9.84 Å². The van der Waals surface area contributed by atoms with Gasteiger partial charge in [0.25, 0.3) is 0 Å². The van der Waals surface area contributed by atoms with Crippen LogP contribution in [0.2, 0.25) is 0 Å². The van der Waals surface area contributed by atoms with Gasteiger partial charge in [-0.25, -0.2) is 4.79 Å². The molecule has 1 rings (SSSR count). The third-order valence-electron chi connectivity index (χ3n) is 1.43. The van der Waals surface area contributed by atoms with E-state index >= 15 is 0 Å². The van der Waals surface area contributed by atoms with Gasteiger partial charge in [0.2, 0.25) is 0 Å². The van der Waals surface area contributed by atoms with E-state index in [0.29, 0.717) is 4.88 Å². The fourth-order valence-electron chi connectivity index (χ4n) is 0.847. The van der Waals surface area contributed by atoms with Crippen molar-refractivity contribution in [2.45, 2.75) is 6.61 Å². The smallest absolute Gasteiger partial charge is 0.349 e. The van der Waals surface area contributed by atoms with E-state index in [-0.39, 0.29) is 17.0 Å². The Hall–Kier alpha value is -1.38. The Kier molecular flexibility index (Phi) is 3.01. The Labute approximate surface area is 79.0 Å². The van der Waals surface area contributed by atoms with Gasteiger partial charge in [-0.2, -0.15) is 5.26 Å². The number of aliphatic hydroxyl groups is 1. The van der Waals surface area contributed by atoms with E-state index in [1.54, 1.807) is 0 Å². The summed E-state index contributed by atoms with van der Waals surface area (Å²) in [4.78, 5) is 11.9. The summed E-state index contributed by atoms with van der Waals surface area (Å²) in [6.45, 7) is -0.170. The van der Waals surface area contributed by atoms with Crippen molar-refractivity contribution in [1.29, 1.82) is 5.26 Å². The Morgan fingerprint density at radius 1 is 1.85 bits per heavy atom. The van der Waals surface area contributed by atoms with E-state index in [0.717, 1.165) is 11.3 Å². The lowest BCUT2D eigenvalue weighted by Crippen LogP contribution is -1.99. The summed E-state index contributed by atoms with van der Waals surface area (Å²) in [5.41, 5.74) is 0.251. The van der Waals surface area contributed by atoms with Crippen molar-refractivity contribution in [2.75, 3.05) is 7.11 Å². The molecule has 0 aliphatic heterocycles. The number of nitriles is 1. The highest BCUT2D eigenvalue weighted by molar-refractivity contribution is 7.14. The standard InChI is InChI=1S/C8H7NO3S/c1-12-8(11)7-5(3-9)2-6(4-10)13-7/h2,10H,4H2,1H3. The van der Waals surface area contributed by atoms with Crippen LogP contribution in [-0.2, 0) is 11.3 Å². The molecule has 0 saturated carbocycles. The predicted octanol–water partition coefficient (Wildman–Crippen LogP) is 0.899. The highest BCUT2D eigenvalue weighted by Crippen LogP contribution is 2.22. The second-order valence-corrected chi connectivity index (χ2v) is 3.35. The van der Waals surface area contributed by atoms with E-state index in [9.17, 15) is 4.79 Å². The van der Waals surface area contributed by atoms with Crippen molar-refractivity contribution in [3.05, 3.63) is 21.4 Å². The number of ether oxygens (including phenoxy) is 1. The lowest BCUT2D eigenvalue weighted by atomic mass is 10.2. The van der Waals surface area contributed by atoms with E-state index in [4.69, 9.17) is 10.4 Å². The highest BCUT2D eigenvalue weighted by atomic mass is 32.1. The van der Waals surface area contributed by atoms with E-state index in [1.165, 1.54) is 13.2 Å². The minimum Gasteiger partial charge on any atom is -0.465 e. The van der Waals surface area contributed by atoms with Crippen molar-refractivity contribution in [2.24, 2.45) is 0 Å². The van der Waals surface area contributed by atoms with Gasteiger partial charge in [0.1, 0.15) is 10.9 Å². The summed E-state index contributed by atoms with van der Waals surface area (Å²) in [7, 11) is 1.25. The lowest BCUT2D eigenvalue weighted by Gasteiger charge is -1.93. The molecule has 1 aromatic rings. The largest absolute Gasteiger partial charge is 0.465 e. The number of rotatable bonds is 2. The molecule has 5 heteroatoms. The molecule has 0 aromatic carbocycles. The summed E-state index contributed by atoms with van der Waals surface area (Å²) in [5.74, 6) is -0.541. The molecule has 0 spiro atoms. The number of hydrogen-bond donors (Lipinski definition) is 1. The second-order valence-electron chi connectivity index (χ2n) is 2.22. The van der Waals surface area contributed by atoms with Crippen LogP contribution in [0.3, 0.4) is 0 Å². The van der Waals surface area contributed by atoms with Crippen LogP contribution in [0.25, 0.3) is 0 Å². The van der Waals surface area contributed by atoms with Gasteiger partial charge in [0, 0.05) is 4.88 Å². The molecule has 4 nitrogen and oxygen atoms in total. The molecule has 1 aromatic heterocycles. The average Bonchev–Trinajstić information content (AvgIpc) is 2.59. The molecule has 1 N–H and O–H groups in total. The maximum absolute atomic E-state index is 11.1. The van der Waals surface area contributed by atoms with E-state index in [1.807, 2.05) is 6.07 Å². The fraction of sp³-hybridized carbons (Fsp3) is 0.250. The maximum atomic E-state index is 11.1. The summed E-state index contributed by atoms with van der Waals surface area (Å²) in [6.07, 6.45) is 0. The van der Waals surface area contributed by atoms with Gasteiger partial charge in [0.15, 0.2) is 0 Å². The number of esters is 1. The number of carbonyl (C=O) groups is 1. The first-order valence-corrected chi connectivity index (χ1v) is 4.26. The van der Waals surface area contributed by atoms with Crippen LogP contribution in [0.15, 0.2) is 6.07 Å². The van der Waals surface area contributed by atoms with Crippen LogP contribution >= 0.6 is 11.3 Å². The summed E-state index contributed by atoms with van der Waals surface area (Å²) in [6, 6.07) is 3.35. The SMILES string of the molecule is COC(=O)c1sc(CO)cc1C#N. The van der Waals surface area contributed by atoms with Gasteiger partial charge in [-0.15, -0.1) is 11.3 Å². The van der Waals surface area contributed by atoms with Crippen LogP contribution in [0.1, 0.15) is 20.1 Å². The van der Waals surface area contributed by atoms with E-state index in [2.05, 4.69) is 4.74 Å². The van der Waals surface area contributed by atoms with Gasteiger partial charge in [-0.1, -0.05) is 0 Å². The molecule has 0 radical (unpaired) electrons. The first kappa shape index (κ1) is 9.71. The van der Waals surface area contributed by atoms with Crippen LogP contribution in [0.4, 0.5) is 0 Å². The van der Waals surface area contributed by atoms with Crippen molar-refractivity contribution in [3.8, 4) is 6.07 Å². The van der Waals surface area contributed by atoms with Crippen molar-refractivity contribution < 1.29 is 14.6 Å². The number of methoxy groups -OCH3 is 1. The predicted molar refractivity (Wildman–Crippen MR) is 46.3 cm³/mol. The normalized spacial score (nSPS) is 9.31. The van der Waals surface area contributed by atoms with Crippen molar-refractivity contribution in [1.82, 2.24) is 0 Å². The Balaban J connectivity index is 3.13. The molecule has 1 heterocycles.